The summed E-state index contributed by atoms with van der Waals surface area (Å²) in [5.41, 5.74) is 2.69. The van der Waals surface area contributed by atoms with Crippen LogP contribution in [0.3, 0.4) is 0 Å². The van der Waals surface area contributed by atoms with E-state index < -0.39 is 0 Å². The molecule has 3 nitrogen and oxygen atoms in total. The molecule has 0 radical (unpaired) electrons. The molecule has 1 aromatic carbocycles. The second-order valence-electron chi connectivity index (χ2n) is 3.83. The lowest BCUT2D eigenvalue weighted by Crippen LogP contribution is -1.82. The first-order chi connectivity index (χ1) is 8.25. The van der Waals surface area contributed by atoms with E-state index in [1.807, 2.05) is 31.2 Å². The van der Waals surface area contributed by atoms with Crippen LogP contribution in [0, 0.1) is 6.92 Å². The van der Waals surface area contributed by atoms with Gasteiger partial charge in [0, 0.05) is 11.6 Å². The summed E-state index contributed by atoms with van der Waals surface area (Å²) in [5, 5.41) is 1.46. The van der Waals surface area contributed by atoms with Crippen molar-refractivity contribution >= 4 is 22.6 Å². The van der Waals surface area contributed by atoms with Crippen molar-refractivity contribution in [2.45, 2.75) is 6.92 Å². The number of aryl methyl sites for hydroxylation is 1. The molecule has 0 N–H and O–H groups in total. The smallest absolute Gasteiger partial charge is 0.143 e. The van der Waals surface area contributed by atoms with Crippen LogP contribution in [-0.2, 0) is 0 Å². The highest BCUT2D eigenvalue weighted by Crippen LogP contribution is 2.31. The summed E-state index contributed by atoms with van der Waals surface area (Å²) >= 11 is 6.02. The summed E-state index contributed by atoms with van der Waals surface area (Å²) in [5.74, 6) is 0.694. The van der Waals surface area contributed by atoms with Crippen molar-refractivity contribution in [3.63, 3.8) is 0 Å². The molecule has 3 rings (SSSR count). The monoisotopic (exact) mass is 244 g/mol. The van der Waals surface area contributed by atoms with Crippen LogP contribution in [0.15, 0.2) is 41.2 Å². The van der Waals surface area contributed by atoms with E-state index in [0.29, 0.717) is 16.5 Å². The van der Waals surface area contributed by atoms with Crippen molar-refractivity contribution in [3.05, 3.63) is 47.5 Å². The van der Waals surface area contributed by atoms with Gasteiger partial charge in [-0.2, -0.15) is 0 Å². The highest BCUT2D eigenvalue weighted by molar-refractivity contribution is 6.31. The van der Waals surface area contributed by atoms with Gasteiger partial charge < -0.3 is 4.42 Å². The van der Waals surface area contributed by atoms with Crippen molar-refractivity contribution < 1.29 is 4.42 Å². The van der Waals surface area contributed by atoms with Gasteiger partial charge in [-0.1, -0.05) is 29.8 Å². The third-order valence-electron chi connectivity index (χ3n) is 2.67. The topological polar surface area (TPSA) is 38.9 Å². The number of hydrogen-bond donors (Lipinski definition) is 0. The van der Waals surface area contributed by atoms with Gasteiger partial charge >= 0.3 is 0 Å². The summed E-state index contributed by atoms with van der Waals surface area (Å²) < 4.78 is 5.80. The van der Waals surface area contributed by atoms with Crippen LogP contribution in [0.5, 0.6) is 0 Å². The van der Waals surface area contributed by atoms with E-state index in [9.17, 15) is 0 Å². The van der Waals surface area contributed by atoms with Gasteiger partial charge in [0.25, 0.3) is 0 Å². The first-order valence-electron chi connectivity index (χ1n) is 5.21. The zero-order valence-electron chi connectivity index (χ0n) is 9.14. The molecular formula is C13H9ClN2O. The van der Waals surface area contributed by atoms with Crippen LogP contribution in [-0.4, -0.2) is 9.97 Å². The second kappa shape index (κ2) is 3.86. The Balaban J connectivity index is 2.26. The molecule has 0 atom stereocenters. The predicted molar refractivity (Wildman–Crippen MR) is 67.0 cm³/mol. The molecule has 84 valence electrons. The molecule has 0 saturated heterocycles. The molecule has 4 heteroatoms. The minimum absolute atomic E-state index is 0.400. The molecular weight excluding hydrogens is 236 g/mol. The number of fused-ring (bicyclic) bond motifs is 1. The van der Waals surface area contributed by atoms with Gasteiger partial charge in [0.15, 0.2) is 0 Å². The van der Waals surface area contributed by atoms with Gasteiger partial charge in [-0.05, 0) is 18.6 Å². The maximum Gasteiger partial charge on any atom is 0.143 e. The average Bonchev–Trinajstić information content (AvgIpc) is 2.75. The lowest BCUT2D eigenvalue weighted by Gasteiger charge is -1.97. The number of hydrogen-bond acceptors (Lipinski definition) is 3. The van der Waals surface area contributed by atoms with Gasteiger partial charge in [-0.15, -0.1) is 0 Å². The molecule has 17 heavy (non-hydrogen) atoms. The van der Waals surface area contributed by atoms with E-state index in [0.717, 1.165) is 16.5 Å². The Bertz CT molecular complexity index is 691. The van der Waals surface area contributed by atoms with E-state index in [1.54, 1.807) is 6.20 Å². The quantitative estimate of drug-likeness (QED) is 0.611. The predicted octanol–water partition coefficient (Wildman–Crippen LogP) is 3.85. The average molecular weight is 245 g/mol. The molecule has 0 fully saturated rings. The molecule has 0 aliphatic heterocycles. The third-order valence-corrected chi connectivity index (χ3v) is 2.97. The number of halogens is 1. The van der Waals surface area contributed by atoms with Crippen LogP contribution >= 0.6 is 11.6 Å². The minimum atomic E-state index is 0.400. The Morgan fingerprint density at radius 3 is 2.94 bits per heavy atom. The molecule has 0 aliphatic carbocycles. The van der Waals surface area contributed by atoms with Crippen LogP contribution in [0.4, 0.5) is 0 Å². The van der Waals surface area contributed by atoms with Crippen molar-refractivity contribution in [2.24, 2.45) is 0 Å². The van der Waals surface area contributed by atoms with Crippen molar-refractivity contribution in [2.75, 3.05) is 0 Å². The molecule has 0 saturated carbocycles. The van der Waals surface area contributed by atoms with E-state index >= 15 is 0 Å². The number of benzene rings is 1. The Morgan fingerprint density at radius 2 is 2.18 bits per heavy atom. The molecule has 0 amide bonds. The highest BCUT2D eigenvalue weighted by Gasteiger charge is 2.11. The molecule has 3 aromatic rings. The van der Waals surface area contributed by atoms with Gasteiger partial charge in [0.05, 0.1) is 5.56 Å². The van der Waals surface area contributed by atoms with Gasteiger partial charge in [0.2, 0.25) is 0 Å². The first kappa shape index (κ1) is 10.3. The number of rotatable bonds is 1. The second-order valence-corrected chi connectivity index (χ2v) is 4.19. The Labute approximate surface area is 103 Å². The van der Waals surface area contributed by atoms with E-state index in [4.69, 9.17) is 16.0 Å². The Morgan fingerprint density at radius 1 is 1.29 bits per heavy atom. The van der Waals surface area contributed by atoms with Crippen molar-refractivity contribution in [3.8, 4) is 11.3 Å². The van der Waals surface area contributed by atoms with Crippen molar-refractivity contribution in [1.29, 1.82) is 0 Å². The lowest BCUT2D eigenvalue weighted by molar-refractivity contribution is 0.628. The fourth-order valence-corrected chi connectivity index (χ4v) is 2.01. The number of furan rings is 1. The van der Waals surface area contributed by atoms with Crippen LogP contribution in [0.25, 0.3) is 22.3 Å². The van der Waals surface area contributed by atoms with Crippen molar-refractivity contribution in [1.82, 2.24) is 9.97 Å². The van der Waals surface area contributed by atoms with E-state index in [2.05, 4.69) is 9.97 Å². The van der Waals surface area contributed by atoms with Crippen LogP contribution in [0.1, 0.15) is 5.56 Å². The highest BCUT2D eigenvalue weighted by atomic mass is 35.5. The molecule has 2 aromatic heterocycles. The summed E-state index contributed by atoms with van der Waals surface area (Å²) in [6.45, 7) is 2.01. The molecule has 2 heterocycles. The molecule has 0 aliphatic rings. The molecule has 0 spiro atoms. The summed E-state index contributed by atoms with van der Waals surface area (Å²) in [6, 6.07) is 7.97. The maximum atomic E-state index is 6.02. The SMILES string of the molecule is Cc1cccc2cc(-c3cncnc3Cl)oc12. The normalized spacial score (nSPS) is 10.9. The maximum absolute atomic E-state index is 6.02. The van der Waals surface area contributed by atoms with Gasteiger partial charge in [0.1, 0.15) is 22.8 Å². The zero-order valence-corrected chi connectivity index (χ0v) is 9.90. The summed E-state index contributed by atoms with van der Waals surface area (Å²) in [4.78, 5) is 7.90. The summed E-state index contributed by atoms with van der Waals surface area (Å²) in [6.07, 6.45) is 3.07. The Hall–Kier alpha value is -1.87. The van der Waals surface area contributed by atoms with E-state index in [1.165, 1.54) is 6.33 Å². The number of nitrogens with zero attached hydrogens (tertiary/aromatic N) is 2. The first-order valence-corrected chi connectivity index (χ1v) is 5.58. The largest absolute Gasteiger partial charge is 0.456 e. The Kier molecular flexibility index (Phi) is 2.34. The summed E-state index contributed by atoms with van der Waals surface area (Å²) in [7, 11) is 0. The van der Waals surface area contributed by atoms with Crippen LogP contribution < -0.4 is 0 Å². The fraction of sp³-hybridized carbons (Fsp3) is 0.0769. The zero-order chi connectivity index (χ0) is 11.8. The number of para-hydroxylation sites is 1. The fourth-order valence-electron chi connectivity index (χ4n) is 1.82. The lowest BCUT2D eigenvalue weighted by atomic mass is 10.1. The third kappa shape index (κ3) is 1.68. The van der Waals surface area contributed by atoms with Gasteiger partial charge in [-0.3, -0.25) is 0 Å². The minimum Gasteiger partial charge on any atom is -0.456 e. The number of aromatic nitrogens is 2. The van der Waals surface area contributed by atoms with Crippen LogP contribution in [0.2, 0.25) is 5.15 Å². The molecule has 0 bridgehead atoms. The molecule has 0 unspecified atom stereocenters. The van der Waals surface area contributed by atoms with E-state index in [-0.39, 0.29) is 0 Å². The van der Waals surface area contributed by atoms with Gasteiger partial charge in [-0.25, -0.2) is 9.97 Å². The standard InChI is InChI=1S/C13H9ClN2O/c1-8-3-2-4-9-5-11(17-12(8)9)10-6-15-7-16-13(10)14/h2-7H,1H3.